The van der Waals surface area contributed by atoms with Crippen LogP contribution in [0.2, 0.25) is 0 Å². The standard InChI is InChI=1S/C9H13F2NO2/c1-6-3-5-12-7(13)2-4-8(12,14)9(6,10)11/h6,14H,2-5H2,1H3/t6-,8+/m1/s1. The molecule has 3 nitrogen and oxygen atoms in total. The van der Waals surface area contributed by atoms with Crippen LogP contribution in [0.5, 0.6) is 0 Å². The van der Waals surface area contributed by atoms with Gasteiger partial charge in [0.1, 0.15) is 0 Å². The number of carbonyl (C=O) groups excluding carboxylic acids is 1. The molecule has 1 amide bonds. The zero-order chi connectivity index (χ0) is 10.6. The minimum Gasteiger partial charge on any atom is -0.366 e. The number of hydrogen-bond acceptors (Lipinski definition) is 2. The van der Waals surface area contributed by atoms with E-state index in [2.05, 4.69) is 0 Å². The van der Waals surface area contributed by atoms with E-state index < -0.39 is 17.6 Å². The molecule has 0 unspecified atom stereocenters. The third kappa shape index (κ3) is 0.960. The van der Waals surface area contributed by atoms with Crippen LogP contribution in [0.15, 0.2) is 0 Å². The number of nitrogens with zero attached hydrogens (tertiary/aromatic N) is 1. The lowest BCUT2D eigenvalue weighted by Crippen LogP contribution is -2.64. The molecule has 80 valence electrons. The van der Waals surface area contributed by atoms with E-state index in [1.54, 1.807) is 0 Å². The van der Waals surface area contributed by atoms with Gasteiger partial charge in [-0.2, -0.15) is 0 Å². The number of amides is 1. The number of fused-ring (bicyclic) bond motifs is 1. The van der Waals surface area contributed by atoms with Crippen LogP contribution in [-0.2, 0) is 4.79 Å². The Morgan fingerprint density at radius 3 is 2.86 bits per heavy atom. The summed E-state index contributed by atoms with van der Waals surface area (Å²) in [5, 5.41) is 9.83. The quantitative estimate of drug-likeness (QED) is 0.640. The number of aliphatic hydroxyl groups is 1. The van der Waals surface area contributed by atoms with E-state index in [0.29, 0.717) is 0 Å². The lowest BCUT2D eigenvalue weighted by atomic mass is 9.85. The number of carbonyl (C=O) groups is 1. The fourth-order valence-electron chi connectivity index (χ4n) is 2.31. The second-order valence-electron chi connectivity index (χ2n) is 4.17. The molecule has 2 heterocycles. The number of piperidine rings is 1. The zero-order valence-corrected chi connectivity index (χ0v) is 7.96. The first-order valence-corrected chi connectivity index (χ1v) is 4.80. The second kappa shape index (κ2) is 2.66. The average Bonchev–Trinajstić information content (AvgIpc) is 2.40. The normalized spacial score (nSPS) is 41.3. The van der Waals surface area contributed by atoms with Crippen molar-refractivity contribution < 1.29 is 18.7 Å². The van der Waals surface area contributed by atoms with Crippen molar-refractivity contribution in [3.63, 3.8) is 0 Å². The molecule has 14 heavy (non-hydrogen) atoms. The van der Waals surface area contributed by atoms with Gasteiger partial charge in [-0.3, -0.25) is 4.79 Å². The highest BCUT2D eigenvalue weighted by Gasteiger charge is 2.65. The van der Waals surface area contributed by atoms with Crippen LogP contribution in [0.1, 0.15) is 26.2 Å². The Labute approximate surface area is 80.7 Å². The van der Waals surface area contributed by atoms with Gasteiger partial charge in [0, 0.05) is 25.3 Å². The van der Waals surface area contributed by atoms with Gasteiger partial charge >= 0.3 is 0 Å². The molecular formula is C9H13F2NO2. The molecular weight excluding hydrogens is 192 g/mol. The number of rotatable bonds is 0. The predicted octanol–water partition coefficient (Wildman–Crippen LogP) is 0.972. The Hall–Kier alpha value is -0.710. The van der Waals surface area contributed by atoms with Crippen molar-refractivity contribution in [3.8, 4) is 0 Å². The maximum absolute atomic E-state index is 13.7. The summed E-state index contributed by atoms with van der Waals surface area (Å²) in [5.74, 6) is -4.41. The van der Waals surface area contributed by atoms with Crippen molar-refractivity contribution in [2.45, 2.75) is 37.8 Å². The number of alkyl halides is 2. The van der Waals surface area contributed by atoms with E-state index in [9.17, 15) is 18.7 Å². The van der Waals surface area contributed by atoms with Gasteiger partial charge in [0.15, 0.2) is 0 Å². The molecule has 0 bridgehead atoms. The van der Waals surface area contributed by atoms with Crippen molar-refractivity contribution in [1.82, 2.24) is 4.90 Å². The summed E-state index contributed by atoms with van der Waals surface area (Å²) in [5.41, 5.74) is -2.22. The molecule has 0 aromatic carbocycles. The minimum absolute atomic E-state index is 0.0266. The molecule has 0 radical (unpaired) electrons. The summed E-state index contributed by atoms with van der Waals surface area (Å²) in [7, 11) is 0. The number of hydrogen-bond donors (Lipinski definition) is 1. The molecule has 2 saturated heterocycles. The third-order valence-electron chi connectivity index (χ3n) is 3.37. The van der Waals surface area contributed by atoms with Gasteiger partial charge in [-0.25, -0.2) is 8.78 Å². The van der Waals surface area contributed by atoms with Crippen molar-refractivity contribution in [3.05, 3.63) is 0 Å². The summed E-state index contributed by atoms with van der Waals surface area (Å²) in [6, 6.07) is 0. The molecule has 2 aliphatic rings. The second-order valence-corrected chi connectivity index (χ2v) is 4.17. The molecule has 2 rings (SSSR count). The Balaban J connectivity index is 2.38. The van der Waals surface area contributed by atoms with Crippen molar-refractivity contribution in [1.29, 1.82) is 0 Å². The Morgan fingerprint density at radius 1 is 1.57 bits per heavy atom. The first-order valence-electron chi connectivity index (χ1n) is 4.80. The smallest absolute Gasteiger partial charge is 0.297 e. The van der Waals surface area contributed by atoms with Gasteiger partial charge in [-0.1, -0.05) is 6.92 Å². The molecule has 0 aromatic heterocycles. The Morgan fingerprint density at radius 2 is 2.21 bits per heavy atom. The number of halogens is 2. The van der Waals surface area contributed by atoms with Gasteiger partial charge in [0.2, 0.25) is 11.6 Å². The summed E-state index contributed by atoms with van der Waals surface area (Å²) in [6.45, 7) is 1.66. The summed E-state index contributed by atoms with van der Waals surface area (Å²) in [4.78, 5) is 12.2. The molecule has 0 aromatic rings. The van der Waals surface area contributed by atoms with Crippen LogP contribution in [0.3, 0.4) is 0 Å². The van der Waals surface area contributed by atoms with Crippen molar-refractivity contribution >= 4 is 5.91 Å². The van der Waals surface area contributed by atoms with E-state index in [1.807, 2.05) is 0 Å². The fraction of sp³-hybridized carbons (Fsp3) is 0.889. The van der Waals surface area contributed by atoms with E-state index >= 15 is 0 Å². The largest absolute Gasteiger partial charge is 0.366 e. The molecule has 2 fully saturated rings. The predicted molar refractivity (Wildman–Crippen MR) is 44.6 cm³/mol. The monoisotopic (exact) mass is 205 g/mol. The molecule has 1 N–H and O–H groups in total. The highest BCUT2D eigenvalue weighted by molar-refractivity contribution is 5.79. The summed E-state index contributed by atoms with van der Waals surface area (Å²) in [6.07, 6.45) is 0.128. The van der Waals surface area contributed by atoms with E-state index in [-0.39, 0.29) is 31.7 Å². The van der Waals surface area contributed by atoms with Gasteiger partial charge < -0.3 is 10.0 Å². The fourth-order valence-corrected chi connectivity index (χ4v) is 2.31. The molecule has 0 saturated carbocycles. The summed E-state index contributed by atoms with van der Waals surface area (Å²) < 4.78 is 27.3. The maximum Gasteiger partial charge on any atom is 0.297 e. The van der Waals surface area contributed by atoms with E-state index in [4.69, 9.17) is 0 Å². The van der Waals surface area contributed by atoms with E-state index in [1.165, 1.54) is 6.92 Å². The van der Waals surface area contributed by atoms with Gasteiger partial charge in [-0.05, 0) is 6.42 Å². The first kappa shape index (κ1) is 9.83. The lowest BCUT2D eigenvalue weighted by Gasteiger charge is -2.46. The van der Waals surface area contributed by atoms with Crippen LogP contribution >= 0.6 is 0 Å². The van der Waals surface area contributed by atoms with Gasteiger partial charge in [0.05, 0.1) is 0 Å². The molecule has 5 heteroatoms. The lowest BCUT2D eigenvalue weighted by molar-refractivity contribution is -0.278. The first-order chi connectivity index (χ1) is 6.39. The Kier molecular flexibility index (Phi) is 1.86. The van der Waals surface area contributed by atoms with E-state index in [0.717, 1.165) is 4.90 Å². The van der Waals surface area contributed by atoms with Crippen LogP contribution in [-0.4, -0.2) is 34.1 Å². The van der Waals surface area contributed by atoms with Crippen molar-refractivity contribution in [2.75, 3.05) is 6.54 Å². The van der Waals surface area contributed by atoms with Gasteiger partial charge in [-0.15, -0.1) is 0 Å². The minimum atomic E-state index is -3.18. The third-order valence-corrected chi connectivity index (χ3v) is 3.37. The molecule has 0 aliphatic carbocycles. The molecule has 0 spiro atoms. The highest BCUT2D eigenvalue weighted by Crippen LogP contribution is 2.49. The van der Waals surface area contributed by atoms with Gasteiger partial charge in [0.25, 0.3) is 5.92 Å². The topological polar surface area (TPSA) is 40.5 Å². The van der Waals surface area contributed by atoms with Crippen LogP contribution < -0.4 is 0 Å². The Bertz CT molecular complexity index is 282. The SMILES string of the molecule is C[C@@H]1CCN2C(=O)CC[C@]2(O)C1(F)F. The zero-order valence-electron chi connectivity index (χ0n) is 7.96. The highest BCUT2D eigenvalue weighted by atomic mass is 19.3. The summed E-state index contributed by atoms with van der Waals surface area (Å²) >= 11 is 0. The van der Waals surface area contributed by atoms with Crippen LogP contribution in [0.4, 0.5) is 8.78 Å². The molecule has 2 aliphatic heterocycles. The van der Waals surface area contributed by atoms with Crippen LogP contribution in [0.25, 0.3) is 0 Å². The maximum atomic E-state index is 13.7. The average molecular weight is 205 g/mol. The van der Waals surface area contributed by atoms with Crippen LogP contribution in [0, 0.1) is 5.92 Å². The molecule has 2 atom stereocenters. The van der Waals surface area contributed by atoms with Crippen molar-refractivity contribution in [2.24, 2.45) is 5.92 Å².